The zero-order chi connectivity index (χ0) is 14.4. The zero-order valence-corrected chi connectivity index (χ0v) is 11.8. The molecule has 0 aliphatic carbocycles. The summed E-state index contributed by atoms with van der Waals surface area (Å²) in [5.74, 6) is -0.156. The SMILES string of the molecule is CCC(CCO)NC(=O)c1cc(N)ccc1N(C)C. The van der Waals surface area contributed by atoms with Crippen molar-refractivity contribution in [2.75, 3.05) is 31.3 Å². The number of nitrogens with one attached hydrogen (secondary N) is 1. The van der Waals surface area contributed by atoms with Crippen LogP contribution in [0.25, 0.3) is 0 Å². The highest BCUT2D eigenvalue weighted by atomic mass is 16.3. The van der Waals surface area contributed by atoms with Gasteiger partial charge in [0.1, 0.15) is 0 Å². The van der Waals surface area contributed by atoms with Crippen molar-refractivity contribution in [1.82, 2.24) is 5.32 Å². The van der Waals surface area contributed by atoms with E-state index in [-0.39, 0.29) is 18.6 Å². The lowest BCUT2D eigenvalue weighted by molar-refractivity contribution is 0.0929. The number of hydrogen-bond donors (Lipinski definition) is 3. The number of nitrogens with two attached hydrogens (primary N) is 1. The van der Waals surface area contributed by atoms with Gasteiger partial charge >= 0.3 is 0 Å². The van der Waals surface area contributed by atoms with Crippen molar-refractivity contribution in [3.63, 3.8) is 0 Å². The Hall–Kier alpha value is -1.75. The molecule has 106 valence electrons. The number of amides is 1. The van der Waals surface area contributed by atoms with Crippen LogP contribution >= 0.6 is 0 Å². The molecule has 1 rings (SSSR count). The van der Waals surface area contributed by atoms with Crippen LogP contribution in [0.3, 0.4) is 0 Å². The molecule has 0 saturated carbocycles. The summed E-state index contributed by atoms with van der Waals surface area (Å²) in [5, 5.41) is 11.9. The number of aliphatic hydroxyl groups is 1. The highest BCUT2D eigenvalue weighted by Crippen LogP contribution is 2.21. The lowest BCUT2D eigenvalue weighted by Crippen LogP contribution is -2.35. The maximum atomic E-state index is 12.3. The Bertz CT molecular complexity index is 433. The minimum absolute atomic E-state index is 0.0195. The fraction of sp³-hybridized carbons (Fsp3) is 0.500. The van der Waals surface area contributed by atoms with E-state index in [9.17, 15) is 4.79 Å². The van der Waals surface area contributed by atoms with E-state index in [1.54, 1.807) is 12.1 Å². The number of carbonyl (C=O) groups is 1. The maximum Gasteiger partial charge on any atom is 0.253 e. The second-order valence-electron chi connectivity index (χ2n) is 4.76. The molecule has 0 spiro atoms. The Morgan fingerprint density at radius 1 is 1.47 bits per heavy atom. The van der Waals surface area contributed by atoms with Crippen LogP contribution in [-0.4, -0.2) is 37.8 Å². The van der Waals surface area contributed by atoms with Crippen molar-refractivity contribution < 1.29 is 9.90 Å². The van der Waals surface area contributed by atoms with Crippen molar-refractivity contribution >= 4 is 17.3 Å². The summed E-state index contributed by atoms with van der Waals surface area (Å²) in [6.07, 6.45) is 1.34. The molecule has 4 N–H and O–H groups in total. The van der Waals surface area contributed by atoms with Gasteiger partial charge in [0.05, 0.1) is 5.56 Å². The van der Waals surface area contributed by atoms with Crippen LogP contribution < -0.4 is 16.0 Å². The molecule has 5 heteroatoms. The van der Waals surface area contributed by atoms with E-state index in [0.29, 0.717) is 17.7 Å². The fourth-order valence-corrected chi connectivity index (χ4v) is 1.92. The van der Waals surface area contributed by atoms with Crippen LogP contribution in [0.2, 0.25) is 0 Å². The lowest BCUT2D eigenvalue weighted by Gasteiger charge is -2.20. The quantitative estimate of drug-likeness (QED) is 0.676. The van der Waals surface area contributed by atoms with Crippen molar-refractivity contribution in [3.8, 4) is 0 Å². The molecule has 1 atom stereocenters. The second kappa shape index (κ2) is 6.99. The summed E-state index contributed by atoms with van der Waals surface area (Å²) in [6.45, 7) is 2.04. The summed E-state index contributed by atoms with van der Waals surface area (Å²) < 4.78 is 0. The van der Waals surface area contributed by atoms with Gasteiger partial charge < -0.3 is 21.1 Å². The molecular formula is C14H23N3O2. The highest BCUT2D eigenvalue weighted by molar-refractivity contribution is 6.00. The molecule has 1 unspecified atom stereocenters. The highest BCUT2D eigenvalue weighted by Gasteiger charge is 2.16. The predicted octanol–water partition coefficient (Wildman–Crippen LogP) is 1.23. The Kier molecular flexibility index (Phi) is 5.63. The summed E-state index contributed by atoms with van der Waals surface area (Å²) in [4.78, 5) is 14.2. The fourth-order valence-electron chi connectivity index (χ4n) is 1.92. The summed E-state index contributed by atoms with van der Waals surface area (Å²) in [7, 11) is 3.76. The van der Waals surface area contributed by atoms with Crippen molar-refractivity contribution in [2.45, 2.75) is 25.8 Å². The van der Waals surface area contributed by atoms with Gasteiger partial charge in [-0.2, -0.15) is 0 Å². The van der Waals surface area contributed by atoms with Gasteiger partial charge in [0.15, 0.2) is 0 Å². The average molecular weight is 265 g/mol. The number of benzene rings is 1. The lowest BCUT2D eigenvalue weighted by atomic mass is 10.1. The first-order valence-corrected chi connectivity index (χ1v) is 6.48. The van der Waals surface area contributed by atoms with Gasteiger partial charge in [0.2, 0.25) is 0 Å². The Labute approximate surface area is 114 Å². The van der Waals surface area contributed by atoms with Crippen molar-refractivity contribution in [3.05, 3.63) is 23.8 Å². The second-order valence-corrected chi connectivity index (χ2v) is 4.76. The number of hydrogen-bond acceptors (Lipinski definition) is 4. The third-order valence-electron chi connectivity index (χ3n) is 3.05. The van der Waals surface area contributed by atoms with Crippen LogP contribution in [0.4, 0.5) is 11.4 Å². The van der Waals surface area contributed by atoms with Crippen molar-refractivity contribution in [1.29, 1.82) is 0 Å². The van der Waals surface area contributed by atoms with E-state index in [2.05, 4.69) is 5.32 Å². The zero-order valence-electron chi connectivity index (χ0n) is 11.8. The van der Waals surface area contributed by atoms with E-state index >= 15 is 0 Å². The number of carbonyl (C=O) groups excluding carboxylic acids is 1. The third kappa shape index (κ3) is 4.13. The van der Waals surface area contributed by atoms with Crippen molar-refractivity contribution in [2.24, 2.45) is 0 Å². The summed E-state index contributed by atoms with van der Waals surface area (Å²) >= 11 is 0. The standard InChI is InChI=1S/C14H23N3O2/c1-4-11(7-8-18)16-14(19)12-9-10(15)5-6-13(12)17(2)3/h5-6,9,11,18H,4,7-8,15H2,1-3H3,(H,16,19). The third-order valence-corrected chi connectivity index (χ3v) is 3.05. The molecule has 0 bridgehead atoms. The summed E-state index contributed by atoms with van der Waals surface area (Å²) in [5.41, 5.74) is 7.69. The maximum absolute atomic E-state index is 12.3. The van der Waals surface area contributed by atoms with E-state index in [4.69, 9.17) is 10.8 Å². The minimum atomic E-state index is -0.156. The number of nitrogens with zero attached hydrogens (tertiary/aromatic N) is 1. The molecule has 5 nitrogen and oxygen atoms in total. The molecular weight excluding hydrogens is 242 g/mol. The van der Waals surface area contributed by atoms with Gasteiger partial charge in [-0.1, -0.05) is 6.92 Å². The molecule has 0 fully saturated rings. The molecule has 0 aromatic heterocycles. The van der Waals surface area contributed by atoms with Gasteiger partial charge in [-0.3, -0.25) is 4.79 Å². The van der Waals surface area contributed by atoms with Crippen LogP contribution in [0.15, 0.2) is 18.2 Å². The molecule has 1 amide bonds. The van der Waals surface area contributed by atoms with Crippen LogP contribution in [0, 0.1) is 0 Å². The van der Waals surface area contributed by atoms with E-state index < -0.39 is 0 Å². The van der Waals surface area contributed by atoms with Gasteiger partial charge in [-0.05, 0) is 31.0 Å². The number of rotatable bonds is 6. The molecule has 1 aromatic carbocycles. The van der Waals surface area contributed by atoms with Crippen LogP contribution in [0.5, 0.6) is 0 Å². The van der Waals surface area contributed by atoms with Gasteiger partial charge in [0.25, 0.3) is 5.91 Å². The van der Waals surface area contributed by atoms with E-state index in [1.807, 2.05) is 32.0 Å². The number of nitrogen functional groups attached to an aromatic ring is 1. The van der Waals surface area contributed by atoms with Crippen LogP contribution in [0.1, 0.15) is 30.1 Å². The largest absolute Gasteiger partial charge is 0.399 e. The first-order chi connectivity index (χ1) is 8.99. The Morgan fingerprint density at radius 2 is 2.16 bits per heavy atom. The Morgan fingerprint density at radius 3 is 2.68 bits per heavy atom. The first kappa shape index (κ1) is 15.3. The van der Waals surface area contributed by atoms with Gasteiger partial charge in [-0.25, -0.2) is 0 Å². The topological polar surface area (TPSA) is 78.6 Å². The van der Waals surface area contributed by atoms with Gasteiger partial charge in [-0.15, -0.1) is 0 Å². The van der Waals surface area contributed by atoms with E-state index in [0.717, 1.165) is 12.1 Å². The summed E-state index contributed by atoms with van der Waals surface area (Å²) in [6, 6.07) is 5.26. The molecule has 0 aliphatic heterocycles. The predicted molar refractivity (Wildman–Crippen MR) is 78.4 cm³/mol. The average Bonchev–Trinajstić information content (AvgIpc) is 2.37. The molecule has 0 heterocycles. The Balaban J connectivity index is 2.94. The minimum Gasteiger partial charge on any atom is -0.399 e. The first-order valence-electron chi connectivity index (χ1n) is 6.48. The molecule has 0 radical (unpaired) electrons. The molecule has 19 heavy (non-hydrogen) atoms. The molecule has 1 aromatic rings. The molecule has 0 saturated heterocycles. The van der Waals surface area contributed by atoms with E-state index in [1.165, 1.54) is 0 Å². The van der Waals surface area contributed by atoms with Crippen LogP contribution in [-0.2, 0) is 0 Å². The molecule has 0 aliphatic rings. The van der Waals surface area contributed by atoms with Gasteiger partial charge in [0, 0.05) is 38.1 Å². The number of aliphatic hydroxyl groups excluding tert-OH is 1. The smallest absolute Gasteiger partial charge is 0.253 e. The number of anilines is 2. The normalized spacial score (nSPS) is 12.0. The monoisotopic (exact) mass is 265 g/mol.